The Labute approximate surface area is 216 Å². The molecule has 1 unspecified atom stereocenters. The summed E-state index contributed by atoms with van der Waals surface area (Å²) in [5.74, 6) is -1.82. The van der Waals surface area contributed by atoms with Crippen LogP contribution in [-0.4, -0.2) is 36.4 Å². The first kappa shape index (κ1) is 26.6. The number of ether oxygens (including phenoxy) is 3. The summed E-state index contributed by atoms with van der Waals surface area (Å²) < 4.78 is 52.6. The van der Waals surface area contributed by atoms with Gasteiger partial charge in [0, 0.05) is 11.3 Å². The lowest BCUT2D eigenvalue weighted by Crippen LogP contribution is -2.29. The van der Waals surface area contributed by atoms with Crippen LogP contribution in [0.25, 0.3) is 5.76 Å². The van der Waals surface area contributed by atoms with Gasteiger partial charge in [-0.25, -0.2) is 0 Å². The van der Waals surface area contributed by atoms with E-state index >= 15 is 0 Å². The number of aliphatic hydroxyl groups excluding tert-OH is 1. The van der Waals surface area contributed by atoms with Gasteiger partial charge in [0.2, 0.25) is 0 Å². The monoisotopic (exact) mass is 527 g/mol. The average Bonchev–Trinajstić information content (AvgIpc) is 3.13. The molecule has 1 atom stereocenters. The maximum atomic E-state index is 13.3. The number of hydrogen-bond acceptors (Lipinski definition) is 6. The Morgan fingerprint density at radius 2 is 1.55 bits per heavy atom. The maximum Gasteiger partial charge on any atom is 0.573 e. The van der Waals surface area contributed by atoms with Crippen molar-refractivity contribution in [1.82, 2.24) is 0 Å². The maximum absolute atomic E-state index is 13.3. The van der Waals surface area contributed by atoms with E-state index in [1.807, 2.05) is 13.8 Å². The number of hydrogen-bond donors (Lipinski definition) is 1. The molecule has 1 aliphatic rings. The van der Waals surface area contributed by atoms with Crippen molar-refractivity contribution in [3.63, 3.8) is 0 Å². The summed E-state index contributed by atoms with van der Waals surface area (Å²) in [5, 5.41) is 11.3. The second-order valence-corrected chi connectivity index (χ2v) is 8.68. The summed E-state index contributed by atoms with van der Waals surface area (Å²) in [6.07, 6.45) is -5.02. The van der Waals surface area contributed by atoms with Crippen LogP contribution < -0.4 is 19.1 Å². The van der Waals surface area contributed by atoms with Gasteiger partial charge in [0.15, 0.2) is 0 Å². The van der Waals surface area contributed by atoms with Gasteiger partial charge in [0.1, 0.15) is 23.0 Å². The number of rotatable bonds is 7. The molecule has 7 nitrogen and oxygen atoms in total. The van der Waals surface area contributed by atoms with Crippen LogP contribution >= 0.6 is 0 Å². The smallest absolute Gasteiger partial charge is 0.507 e. The molecule has 1 saturated heterocycles. The molecule has 0 saturated carbocycles. The summed E-state index contributed by atoms with van der Waals surface area (Å²) >= 11 is 0. The number of carbonyl (C=O) groups is 2. The zero-order valence-corrected chi connectivity index (χ0v) is 20.7. The van der Waals surface area contributed by atoms with Crippen molar-refractivity contribution in [3.05, 3.63) is 89.5 Å². The Bertz CT molecular complexity index is 1360. The normalized spacial score (nSPS) is 17.1. The molecule has 0 spiro atoms. The van der Waals surface area contributed by atoms with Crippen molar-refractivity contribution in [3.8, 4) is 17.2 Å². The van der Waals surface area contributed by atoms with E-state index in [2.05, 4.69) is 4.74 Å². The molecule has 38 heavy (non-hydrogen) atoms. The van der Waals surface area contributed by atoms with Crippen molar-refractivity contribution in [2.45, 2.75) is 32.4 Å². The van der Waals surface area contributed by atoms with E-state index in [1.165, 1.54) is 19.2 Å². The molecule has 10 heteroatoms. The molecule has 1 fully saturated rings. The van der Waals surface area contributed by atoms with E-state index in [0.29, 0.717) is 17.1 Å². The van der Waals surface area contributed by atoms with Gasteiger partial charge in [-0.15, -0.1) is 13.2 Å². The zero-order chi connectivity index (χ0) is 27.6. The fraction of sp³-hybridized carbons (Fsp3) is 0.214. The first-order valence-electron chi connectivity index (χ1n) is 11.6. The number of amides is 1. The lowest BCUT2D eigenvalue weighted by molar-refractivity contribution is -0.274. The number of methoxy groups -OCH3 is 1. The van der Waals surface area contributed by atoms with Crippen LogP contribution in [0.1, 0.15) is 31.0 Å². The third-order valence-corrected chi connectivity index (χ3v) is 5.70. The van der Waals surface area contributed by atoms with Crippen LogP contribution in [0.15, 0.2) is 78.4 Å². The number of Topliss-reactive ketones (excluding diaryl/α,β-unsaturated/α-hetero) is 1. The summed E-state index contributed by atoms with van der Waals surface area (Å²) in [4.78, 5) is 27.7. The summed E-state index contributed by atoms with van der Waals surface area (Å²) in [6.45, 7) is 3.68. The molecule has 3 aromatic rings. The van der Waals surface area contributed by atoms with E-state index in [9.17, 15) is 27.9 Å². The predicted molar refractivity (Wildman–Crippen MR) is 133 cm³/mol. The van der Waals surface area contributed by atoms with Crippen molar-refractivity contribution in [1.29, 1.82) is 0 Å². The highest BCUT2D eigenvalue weighted by Crippen LogP contribution is 2.43. The Balaban J connectivity index is 1.84. The van der Waals surface area contributed by atoms with E-state index < -0.39 is 35.6 Å². The molecule has 0 radical (unpaired) electrons. The molecule has 0 bridgehead atoms. The molecule has 3 aromatic carbocycles. The molecule has 0 aliphatic carbocycles. The first-order valence-corrected chi connectivity index (χ1v) is 11.6. The minimum absolute atomic E-state index is 0.137. The number of halogens is 3. The number of benzene rings is 3. The third kappa shape index (κ3) is 5.59. The Hall–Kier alpha value is -4.47. The highest BCUT2D eigenvalue weighted by atomic mass is 19.4. The molecule has 4 rings (SSSR count). The quantitative estimate of drug-likeness (QED) is 0.230. The summed E-state index contributed by atoms with van der Waals surface area (Å²) in [6, 6.07) is 16.5. The van der Waals surface area contributed by atoms with Crippen molar-refractivity contribution in [2.24, 2.45) is 0 Å². The van der Waals surface area contributed by atoms with Gasteiger partial charge in [-0.2, -0.15) is 0 Å². The second kappa shape index (κ2) is 10.5. The predicted octanol–water partition coefficient (Wildman–Crippen LogP) is 6.01. The van der Waals surface area contributed by atoms with Crippen molar-refractivity contribution in [2.75, 3.05) is 12.0 Å². The molecule has 0 aromatic heterocycles. The SMILES string of the molecule is COc1ccc(C2/C(=C(/O)c3cccc(OC(C)C)c3)C(=O)C(=O)N2c2ccc(OC(F)(F)F)cc2)cc1. The fourth-order valence-electron chi connectivity index (χ4n) is 4.15. The van der Waals surface area contributed by atoms with Crippen LogP contribution in [-0.2, 0) is 9.59 Å². The first-order chi connectivity index (χ1) is 18.0. The number of anilines is 1. The van der Waals surface area contributed by atoms with Crippen LogP contribution in [0.3, 0.4) is 0 Å². The minimum atomic E-state index is -4.89. The summed E-state index contributed by atoms with van der Waals surface area (Å²) in [7, 11) is 1.48. The van der Waals surface area contributed by atoms with E-state index in [-0.39, 0.29) is 22.9 Å². The molecular weight excluding hydrogens is 503 g/mol. The highest BCUT2D eigenvalue weighted by molar-refractivity contribution is 6.51. The van der Waals surface area contributed by atoms with Crippen molar-refractivity contribution >= 4 is 23.1 Å². The van der Waals surface area contributed by atoms with Crippen LogP contribution in [0.4, 0.5) is 18.9 Å². The third-order valence-electron chi connectivity index (χ3n) is 5.70. The average molecular weight is 527 g/mol. The lowest BCUT2D eigenvalue weighted by atomic mass is 9.95. The molecular formula is C28H24F3NO6. The highest BCUT2D eigenvalue weighted by Gasteiger charge is 2.47. The van der Waals surface area contributed by atoms with Crippen LogP contribution in [0.2, 0.25) is 0 Å². The Morgan fingerprint density at radius 1 is 0.921 bits per heavy atom. The largest absolute Gasteiger partial charge is 0.573 e. The van der Waals surface area contributed by atoms with Crippen LogP contribution in [0.5, 0.6) is 17.2 Å². The number of carbonyl (C=O) groups excluding carboxylic acids is 2. The van der Waals surface area contributed by atoms with Gasteiger partial charge in [-0.1, -0.05) is 24.3 Å². The van der Waals surface area contributed by atoms with Crippen LogP contribution in [0, 0.1) is 0 Å². The Kier molecular flexibility index (Phi) is 7.34. The lowest BCUT2D eigenvalue weighted by Gasteiger charge is -2.26. The second-order valence-electron chi connectivity index (χ2n) is 8.68. The number of ketones is 1. The molecule has 1 N–H and O–H groups in total. The number of aliphatic hydroxyl groups is 1. The van der Waals surface area contributed by atoms with Crippen molar-refractivity contribution < 1.29 is 42.1 Å². The molecule has 1 heterocycles. The Morgan fingerprint density at radius 3 is 2.13 bits per heavy atom. The van der Waals surface area contributed by atoms with E-state index in [4.69, 9.17) is 9.47 Å². The van der Waals surface area contributed by atoms with Gasteiger partial charge in [0.05, 0.1) is 24.8 Å². The van der Waals surface area contributed by atoms with E-state index in [1.54, 1.807) is 48.5 Å². The van der Waals surface area contributed by atoms with Gasteiger partial charge in [-0.05, 0) is 67.9 Å². The zero-order valence-electron chi connectivity index (χ0n) is 20.7. The fourth-order valence-corrected chi connectivity index (χ4v) is 4.15. The van der Waals surface area contributed by atoms with Gasteiger partial charge in [0.25, 0.3) is 11.7 Å². The van der Waals surface area contributed by atoms with Gasteiger partial charge >= 0.3 is 6.36 Å². The molecule has 198 valence electrons. The molecule has 1 aliphatic heterocycles. The topological polar surface area (TPSA) is 85.3 Å². The minimum Gasteiger partial charge on any atom is -0.507 e. The standard InChI is InChI=1S/C28H24F3NO6/c1-16(2)37-22-6-4-5-18(15-22)25(33)23-24(17-7-11-20(36-3)12-8-17)32(27(35)26(23)34)19-9-13-21(14-10-19)38-28(29,30)31/h4-16,24,33H,1-3H3/b25-23-. The van der Waals surface area contributed by atoms with E-state index in [0.717, 1.165) is 17.0 Å². The number of nitrogens with zero attached hydrogens (tertiary/aromatic N) is 1. The molecule has 1 amide bonds. The summed E-state index contributed by atoms with van der Waals surface area (Å²) in [5.41, 5.74) is 0.682. The van der Waals surface area contributed by atoms with Gasteiger partial charge < -0.3 is 19.3 Å². The van der Waals surface area contributed by atoms with Gasteiger partial charge in [-0.3, -0.25) is 14.5 Å². The number of alkyl halides is 3.